The lowest BCUT2D eigenvalue weighted by molar-refractivity contribution is 0.628. The zero-order chi connectivity index (χ0) is 11.5. The summed E-state index contributed by atoms with van der Waals surface area (Å²) >= 11 is 5.95. The Morgan fingerprint density at radius 1 is 1.38 bits per heavy atom. The molecule has 84 valence electrons. The molecule has 1 N–H and O–H groups in total. The van der Waals surface area contributed by atoms with Crippen LogP contribution in [0.1, 0.15) is 5.69 Å². The highest BCUT2D eigenvalue weighted by Gasteiger charge is 2.04. The number of benzene rings is 1. The van der Waals surface area contributed by atoms with Gasteiger partial charge in [-0.2, -0.15) is 5.10 Å². The van der Waals surface area contributed by atoms with Crippen molar-refractivity contribution in [3.8, 4) is 0 Å². The van der Waals surface area contributed by atoms with Gasteiger partial charge in [0.2, 0.25) is 0 Å². The molecule has 0 aliphatic rings. The number of hydrogen-bond acceptors (Lipinski definition) is 2. The monoisotopic (exact) mass is 239 g/mol. The van der Waals surface area contributed by atoms with Crippen LogP contribution in [0.2, 0.25) is 5.02 Å². The predicted molar refractivity (Wildman–Crippen MR) is 61.9 cm³/mol. The van der Waals surface area contributed by atoms with Gasteiger partial charge >= 0.3 is 0 Å². The largest absolute Gasteiger partial charge is 0.379 e. The van der Waals surface area contributed by atoms with E-state index in [2.05, 4.69) is 10.4 Å². The number of nitrogens with one attached hydrogen (secondary N) is 1. The quantitative estimate of drug-likeness (QED) is 0.893. The third kappa shape index (κ3) is 2.52. The normalized spacial score (nSPS) is 10.4. The molecule has 0 radical (unpaired) electrons. The maximum Gasteiger partial charge on any atom is 0.123 e. The highest BCUT2D eigenvalue weighted by molar-refractivity contribution is 6.31. The van der Waals surface area contributed by atoms with Gasteiger partial charge in [0, 0.05) is 18.9 Å². The molecule has 0 fully saturated rings. The number of nitrogens with zero attached hydrogens (tertiary/aromatic N) is 2. The maximum absolute atomic E-state index is 12.7. The molecule has 3 nitrogen and oxygen atoms in total. The molecule has 0 aliphatic carbocycles. The lowest BCUT2D eigenvalue weighted by atomic mass is 10.3. The smallest absolute Gasteiger partial charge is 0.123 e. The van der Waals surface area contributed by atoms with Crippen LogP contribution in [0, 0.1) is 5.82 Å². The summed E-state index contributed by atoms with van der Waals surface area (Å²) in [5.74, 6) is -0.249. The summed E-state index contributed by atoms with van der Waals surface area (Å²) in [6.45, 7) is 0.519. The molecule has 1 heterocycles. The van der Waals surface area contributed by atoms with Crippen LogP contribution in [-0.2, 0) is 13.6 Å². The van der Waals surface area contributed by atoms with Crippen LogP contribution in [0.15, 0.2) is 30.5 Å². The van der Waals surface area contributed by atoms with E-state index in [4.69, 9.17) is 11.6 Å². The summed E-state index contributed by atoms with van der Waals surface area (Å²) < 4.78 is 14.3. The molecule has 0 saturated carbocycles. The second-order valence-corrected chi connectivity index (χ2v) is 3.87. The number of aryl methyl sites for hydroxylation is 1. The van der Waals surface area contributed by atoms with Gasteiger partial charge in [-0.3, -0.25) is 4.68 Å². The van der Waals surface area contributed by atoms with Crippen molar-refractivity contribution in [2.75, 3.05) is 5.32 Å². The van der Waals surface area contributed by atoms with Gasteiger partial charge in [-0.1, -0.05) is 11.6 Å². The Kier molecular flexibility index (Phi) is 3.10. The molecule has 2 aromatic rings. The fourth-order valence-corrected chi connectivity index (χ4v) is 1.62. The molecule has 1 aromatic carbocycles. The zero-order valence-corrected chi connectivity index (χ0v) is 9.50. The first-order valence-electron chi connectivity index (χ1n) is 4.82. The van der Waals surface area contributed by atoms with Crippen LogP contribution in [0.4, 0.5) is 10.1 Å². The van der Waals surface area contributed by atoms with Gasteiger partial charge in [0.25, 0.3) is 0 Å². The summed E-state index contributed by atoms with van der Waals surface area (Å²) in [6.07, 6.45) is 1.74. The van der Waals surface area contributed by atoms with Crippen molar-refractivity contribution in [1.82, 2.24) is 9.78 Å². The number of rotatable bonds is 3. The third-order valence-electron chi connectivity index (χ3n) is 2.16. The van der Waals surface area contributed by atoms with E-state index in [9.17, 15) is 4.39 Å². The fourth-order valence-electron chi connectivity index (χ4n) is 1.38. The Morgan fingerprint density at radius 2 is 2.06 bits per heavy atom. The van der Waals surface area contributed by atoms with E-state index < -0.39 is 0 Å². The van der Waals surface area contributed by atoms with Crippen molar-refractivity contribution in [1.29, 1.82) is 0 Å². The Labute approximate surface area is 97.8 Å². The van der Waals surface area contributed by atoms with Crippen molar-refractivity contribution in [2.24, 2.45) is 7.05 Å². The molecule has 0 bridgehead atoms. The van der Waals surface area contributed by atoms with E-state index >= 15 is 0 Å². The van der Waals surface area contributed by atoms with Crippen LogP contribution >= 0.6 is 11.6 Å². The first-order valence-corrected chi connectivity index (χ1v) is 5.20. The number of anilines is 1. The first kappa shape index (κ1) is 11.0. The van der Waals surface area contributed by atoms with Gasteiger partial charge in [0.15, 0.2) is 0 Å². The van der Waals surface area contributed by atoms with E-state index in [0.29, 0.717) is 11.6 Å². The van der Waals surface area contributed by atoms with Gasteiger partial charge < -0.3 is 5.32 Å². The Hall–Kier alpha value is -1.55. The van der Waals surface area contributed by atoms with E-state index in [0.717, 1.165) is 11.4 Å². The van der Waals surface area contributed by atoms with Crippen molar-refractivity contribution in [2.45, 2.75) is 6.54 Å². The molecule has 2 rings (SSSR count). The minimum atomic E-state index is -0.249. The van der Waals surface area contributed by atoms with Gasteiger partial charge in [-0.25, -0.2) is 4.39 Å². The molecule has 0 amide bonds. The third-order valence-corrected chi connectivity index (χ3v) is 2.47. The molecule has 5 heteroatoms. The van der Waals surface area contributed by atoms with E-state index in [1.54, 1.807) is 23.0 Å². The molecular weight excluding hydrogens is 229 g/mol. The molecule has 0 aliphatic heterocycles. The molecule has 0 unspecified atom stereocenters. The van der Waals surface area contributed by atoms with Gasteiger partial charge in [0.1, 0.15) is 11.5 Å². The van der Waals surface area contributed by atoms with Crippen LogP contribution in [0.5, 0.6) is 0 Å². The number of hydrogen-bond donors (Lipinski definition) is 1. The number of halogens is 2. The van der Waals surface area contributed by atoms with Crippen LogP contribution < -0.4 is 5.32 Å². The summed E-state index contributed by atoms with van der Waals surface area (Å²) in [6, 6.07) is 6.16. The average molecular weight is 240 g/mol. The molecule has 0 spiro atoms. The topological polar surface area (TPSA) is 29.9 Å². The van der Waals surface area contributed by atoms with Crippen molar-refractivity contribution < 1.29 is 4.39 Å². The van der Waals surface area contributed by atoms with Crippen LogP contribution in [0.3, 0.4) is 0 Å². The molecular formula is C11H11ClFN3. The second kappa shape index (κ2) is 4.53. The predicted octanol–water partition coefficient (Wildman–Crippen LogP) is 2.82. The summed E-state index contributed by atoms with van der Waals surface area (Å²) in [7, 11) is 1.81. The maximum atomic E-state index is 12.7. The van der Waals surface area contributed by atoms with Crippen molar-refractivity contribution in [3.05, 3.63) is 47.0 Å². The zero-order valence-electron chi connectivity index (χ0n) is 8.74. The molecule has 0 saturated heterocycles. The van der Waals surface area contributed by atoms with Gasteiger partial charge in [-0.05, 0) is 24.3 Å². The highest BCUT2D eigenvalue weighted by atomic mass is 35.5. The average Bonchev–Trinajstić information content (AvgIpc) is 2.57. The standard InChI is InChI=1S/C11H11ClFN3/c1-16-7-10(12)11(15-16)6-14-9-4-2-8(13)3-5-9/h2-5,7,14H,6H2,1H3. The summed E-state index contributed by atoms with van der Waals surface area (Å²) in [5, 5.41) is 7.93. The molecule has 16 heavy (non-hydrogen) atoms. The van der Waals surface area contributed by atoms with Gasteiger partial charge in [0.05, 0.1) is 11.6 Å². The van der Waals surface area contributed by atoms with Crippen molar-refractivity contribution in [3.63, 3.8) is 0 Å². The minimum absolute atomic E-state index is 0.249. The van der Waals surface area contributed by atoms with Gasteiger partial charge in [-0.15, -0.1) is 0 Å². The summed E-state index contributed by atoms with van der Waals surface area (Å²) in [4.78, 5) is 0. The Bertz CT molecular complexity index is 478. The number of aromatic nitrogens is 2. The first-order chi connectivity index (χ1) is 7.65. The van der Waals surface area contributed by atoms with Crippen LogP contribution in [-0.4, -0.2) is 9.78 Å². The fraction of sp³-hybridized carbons (Fsp3) is 0.182. The summed E-state index contributed by atoms with van der Waals surface area (Å²) in [5.41, 5.74) is 1.61. The van der Waals surface area contributed by atoms with E-state index in [1.807, 2.05) is 7.05 Å². The SMILES string of the molecule is Cn1cc(Cl)c(CNc2ccc(F)cc2)n1. The molecule has 1 aromatic heterocycles. The van der Waals surface area contributed by atoms with E-state index in [-0.39, 0.29) is 5.82 Å². The molecule has 0 atom stereocenters. The Morgan fingerprint density at radius 3 is 2.62 bits per heavy atom. The van der Waals surface area contributed by atoms with E-state index in [1.165, 1.54) is 12.1 Å². The second-order valence-electron chi connectivity index (χ2n) is 3.46. The van der Waals surface area contributed by atoms with Crippen molar-refractivity contribution >= 4 is 17.3 Å². The minimum Gasteiger partial charge on any atom is -0.379 e. The van der Waals surface area contributed by atoms with Crippen LogP contribution in [0.25, 0.3) is 0 Å². The Balaban J connectivity index is 2.02. The lowest BCUT2D eigenvalue weighted by Gasteiger charge is -2.04. The highest BCUT2D eigenvalue weighted by Crippen LogP contribution is 2.15. The lowest BCUT2D eigenvalue weighted by Crippen LogP contribution is -2.01.